The Morgan fingerprint density at radius 3 is 2.68 bits per heavy atom. The number of hydrogen-bond donors (Lipinski definition) is 1. The number of anilines is 1. The number of nitrogens with zero attached hydrogens (tertiary/aromatic N) is 4. The standard InChI is InChI=1S/C18H27N5O2/c1-11(2)8-9-24-12(3)18-22-17(23-25-18)14-10-20-16(21-15(14)19)13-6-4-5-7-13/h10-13H,4-9H2,1-3H3,(H2,19,20,21). The van der Waals surface area contributed by atoms with Crippen LogP contribution in [0.2, 0.25) is 0 Å². The molecule has 0 saturated heterocycles. The molecule has 2 heterocycles. The van der Waals surface area contributed by atoms with Gasteiger partial charge in [0.15, 0.2) is 0 Å². The largest absolute Gasteiger partial charge is 0.383 e. The normalized spacial score (nSPS) is 16.6. The fraction of sp³-hybridized carbons (Fsp3) is 0.667. The third-order valence-corrected chi connectivity index (χ3v) is 4.65. The number of hydrogen-bond acceptors (Lipinski definition) is 7. The van der Waals surface area contributed by atoms with Gasteiger partial charge in [-0.15, -0.1) is 0 Å². The highest BCUT2D eigenvalue weighted by molar-refractivity contribution is 5.66. The van der Waals surface area contributed by atoms with Crippen molar-refractivity contribution in [3.8, 4) is 11.4 Å². The maximum Gasteiger partial charge on any atom is 0.255 e. The van der Waals surface area contributed by atoms with Crippen LogP contribution in [0, 0.1) is 5.92 Å². The third-order valence-electron chi connectivity index (χ3n) is 4.65. The van der Waals surface area contributed by atoms with E-state index in [9.17, 15) is 0 Å². The van der Waals surface area contributed by atoms with E-state index in [1.165, 1.54) is 12.8 Å². The lowest BCUT2D eigenvalue weighted by atomic mass is 10.1. The van der Waals surface area contributed by atoms with E-state index in [1.807, 2.05) is 6.92 Å². The Balaban J connectivity index is 1.69. The van der Waals surface area contributed by atoms with Gasteiger partial charge in [-0.3, -0.25) is 0 Å². The fourth-order valence-electron chi connectivity index (χ4n) is 3.02. The van der Waals surface area contributed by atoms with Crippen LogP contribution in [0.5, 0.6) is 0 Å². The molecule has 1 aliphatic rings. The summed E-state index contributed by atoms with van der Waals surface area (Å²) in [6, 6.07) is 0. The minimum atomic E-state index is -0.250. The van der Waals surface area contributed by atoms with Crippen molar-refractivity contribution in [1.29, 1.82) is 0 Å². The second-order valence-electron chi connectivity index (χ2n) is 7.16. The molecule has 25 heavy (non-hydrogen) atoms. The molecule has 2 aromatic rings. The van der Waals surface area contributed by atoms with Gasteiger partial charge in [0.1, 0.15) is 17.7 Å². The lowest BCUT2D eigenvalue weighted by Crippen LogP contribution is -2.06. The molecule has 2 aromatic heterocycles. The molecule has 1 atom stereocenters. The smallest absolute Gasteiger partial charge is 0.255 e. The highest BCUT2D eigenvalue weighted by Crippen LogP contribution is 2.33. The minimum Gasteiger partial charge on any atom is -0.383 e. The van der Waals surface area contributed by atoms with Crippen LogP contribution in [0.25, 0.3) is 11.4 Å². The van der Waals surface area contributed by atoms with Gasteiger partial charge in [0, 0.05) is 18.7 Å². The van der Waals surface area contributed by atoms with Crippen molar-refractivity contribution in [1.82, 2.24) is 20.1 Å². The quantitative estimate of drug-likeness (QED) is 0.812. The van der Waals surface area contributed by atoms with E-state index >= 15 is 0 Å². The molecule has 2 N–H and O–H groups in total. The van der Waals surface area contributed by atoms with E-state index in [2.05, 4.69) is 34.0 Å². The molecule has 7 heteroatoms. The molecule has 0 spiro atoms. The maximum absolute atomic E-state index is 6.12. The molecule has 3 rings (SSSR count). The average molecular weight is 345 g/mol. The Morgan fingerprint density at radius 2 is 2.00 bits per heavy atom. The SMILES string of the molecule is CC(C)CCOC(C)c1nc(-c2cnc(C3CCCC3)nc2N)no1. The zero-order valence-electron chi connectivity index (χ0n) is 15.2. The van der Waals surface area contributed by atoms with Crippen molar-refractivity contribution in [2.24, 2.45) is 5.92 Å². The number of nitrogens with two attached hydrogens (primary N) is 1. The molecule has 7 nitrogen and oxygen atoms in total. The van der Waals surface area contributed by atoms with Crippen LogP contribution in [-0.2, 0) is 4.74 Å². The van der Waals surface area contributed by atoms with Crippen LogP contribution in [-0.4, -0.2) is 26.7 Å². The lowest BCUT2D eigenvalue weighted by molar-refractivity contribution is 0.0367. The van der Waals surface area contributed by atoms with Crippen molar-refractivity contribution in [3.05, 3.63) is 17.9 Å². The summed E-state index contributed by atoms with van der Waals surface area (Å²) in [7, 11) is 0. The number of aromatic nitrogens is 4. The molecule has 0 amide bonds. The van der Waals surface area contributed by atoms with Crippen LogP contribution >= 0.6 is 0 Å². The van der Waals surface area contributed by atoms with E-state index in [1.54, 1.807) is 6.20 Å². The van der Waals surface area contributed by atoms with Crippen molar-refractivity contribution in [3.63, 3.8) is 0 Å². The van der Waals surface area contributed by atoms with Crippen molar-refractivity contribution < 1.29 is 9.26 Å². The van der Waals surface area contributed by atoms with Gasteiger partial charge in [-0.25, -0.2) is 9.97 Å². The first-order valence-corrected chi connectivity index (χ1v) is 9.12. The highest BCUT2D eigenvalue weighted by Gasteiger charge is 2.22. The summed E-state index contributed by atoms with van der Waals surface area (Å²) in [5.74, 6) is 3.10. The Hall–Kier alpha value is -2.02. The first kappa shape index (κ1) is 17.8. The topological polar surface area (TPSA) is 100.0 Å². The van der Waals surface area contributed by atoms with E-state index < -0.39 is 0 Å². The molecule has 1 aliphatic carbocycles. The van der Waals surface area contributed by atoms with Gasteiger partial charge in [0.25, 0.3) is 5.89 Å². The summed E-state index contributed by atoms with van der Waals surface area (Å²) < 4.78 is 11.1. The lowest BCUT2D eigenvalue weighted by Gasteiger charge is -2.10. The van der Waals surface area contributed by atoms with Crippen LogP contribution in [0.1, 0.15) is 76.6 Å². The minimum absolute atomic E-state index is 0.250. The highest BCUT2D eigenvalue weighted by atomic mass is 16.5. The van der Waals surface area contributed by atoms with Gasteiger partial charge in [-0.1, -0.05) is 31.8 Å². The van der Waals surface area contributed by atoms with Gasteiger partial charge in [-0.2, -0.15) is 4.98 Å². The van der Waals surface area contributed by atoms with Crippen LogP contribution in [0.4, 0.5) is 5.82 Å². The first-order valence-electron chi connectivity index (χ1n) is 9.12. The van der Waals surface area contributed by atoms with Gasteiger partial charge < -0.3 is 15.0 Å². The van der Waals surface area contributed by atoms with Crippen LogP contribution < -0.4 is 5.73 Å². The Morgan fingerprint density at radius 1 is 1.24 bits per heavy atom. The van der Waals surface area contributed by atoms with Crippen molar-refractivity contribution in [2.45, 2.75) is 64.9 Å². The second kappa shape index (κ2) is 7.91. The summed E-state index contributed by atoms with van der Waals surface area (Å²) in [5, 5.41) is 4.01. The monoisotopic (exact) mass is 345 g/mol. The molecular weight excluding hydrogens is 318 g/mol. The van der Waals surface area contributed by atoms with Gasteiger partial charge in [0.05, 0.1) is 5.56 Å². The van der Waals surface area contributed by atoms with E-state index in [4.69, 9.17) is 15.0 Å². The summed E-state index contributed by atoms with van der Waals surface area (Å²) in [6.45, 7) is 6.90. The molecule has 1 saturated carbocycles. The summed E-state index contributed by atoms with van der Waals surface area (Å²) in [5.41, 5.74) is 6.72. The van der Waals surface area contributed by atoms with Gasteiger partial charge in [-0.05, 0) is 32.1 Å². The van der Waals surface area contributed by atoms with Crippen LogP contribution in [0.15, 0.2) is 10.7 Å². The fourth-order valence-corrected chi connectivity index (χ4v) is 3.02. The van der Waals surface area contributed by atoms with Crippen LogP contribution in [0.3, 0.4) is 0 Å². The van der Waals surface area contributed by atoms with E-state index in [-0.39, 0.29) is 6.10 Å². The number of ether oxygens (including phenoxy) is 1. The molecule has 0 radical (unpaired) electrons. The molecule has 1 unspecified atom stereocenters. The summed E-state index contributed by atoms with van der Waals surface area (Å²) >= 11 is 0. The zero-order valence-corrected chi connectivity index (χ0v) is 15.2. The molecule has 0 aliphatic heterocycles. The van der Waals surface area contributed by atoms with Gasteiger partial charge >= 0.3 is 0 Å². The number of nitrogen functional groups attached to an aromatic ring is 1. The molecule has 0 bridgehead atoms. The van der Waals surface area contributed by atoms with E-state index in [0.29, 0.717) is 41.5 Å². The third kappa shape index (κ3) is 4.34. The Labute approximate surface area is 148 Å². The number of rotatable bonds is 7. The maximum atomic E-state index is 6.12. The van der Waals surface area contributed by atoms with Crippen molar-refractivity contribution in [2.75, 3.05) is 12.3 Å². The summed E-state index contributed by atoms with van der Waals surface area (Å²) in [6.07, 6.45) is 7.19. The van der Waals surface area contributed by atoms with Gasteiger partial charge in [0.2, 0.25) is 5.82 Å². The molecule has 1 fully saturated rings. The Kier molecular flexibility index (Phi) is 5.63. The average Bonchev–Trinajstić information content (AvgIpc) is 3.26. The van der Waals surface area contributed by atoms with E-state index in [0.717, 1.165) is 25.1 Å². The summed E-state index contributed by atoms with van der Waals surface area (Å²) in [4.78, 5) is 13.3. The zero-order chi connectivity index (χ0) is 17.8. The predicted octanol–water partition coefficient (Wildman–Crippen LogP) is 3.89. The molecular formula is C18H27N5O2. The Bertz CT molecular complexity index is 695. The second-order valence-corrected chi connectivity index (χ2v) is 7.16. The van der Waals surface area contributed by atoms with Crippen molar-refractivity contribution >= 4 is 5.82 Å². The molecule has 0 aromatic carbocycles. The molecule has 136 valence electrons. The predicted molar refractivity (Wildman–Crippen MR) is 94.8 cm³/mol. The first-order chi connectivity index (χ1) is 12.0.